The van der Waals surface area contributed by atoms with Crippen LogP contribution in [0.1, 0.15) is 16.7 Å². The summed E-state index contributed by atoms with van der Waals surface area (Å²) in [5.74, 6) is 5.79. The Labute approximate surface area is 125 Å². The van der Waals surface area contributed by atoms with Crippen molar-refractivity contribution >= 4 is 0 Å². The zero-order valence-corrected chi connectivity index (χ0v) is 12.1. The molecule has 2 aromatic carbocycles. The number of rotatable bonds is 4. The first-order chi connectivity index (χ1) is 10.2. The first kappa shape index (κ1) is 15.2. The minimum absolute atomic E-state index is 0.166. The molecule has 2 aromatic rings. The van der Waals surface area contributed by atoms with E-state index in [2.05, 4.69) is 16.7 Å². The Balaban J connectivity index is 2.10. The van der Waals surface area contributed by atoms with Crippen molar-refractivity contribution in [3.8, 4) is 11.8 Å². The fourth-order valence-corrected chi connectivity index (χ4v) is 2.19. The molecule has 0 saturated heterocycles. The minimum atomic E-state index is -0.166. The van der Waals surface area contributed by atoms with E-state index in [0.29, 0.717) is 25.2 Å². The van der Waals surface area contributed by atoms with Gasteiger partial charge >= 0.3 is 0 Å². The Morgan fingerprint density at radius 2 is 1.62 bits per heavy atom. The second-order valence-electron chi connectivity index (χ2n) is 4.93. The summed E-state index contributed by atoms with van der Waals surface area (Å²) in [6.07, 6.45) is 0. The topological polar surface area (TPSA) is 29.3 Å². The first-order valence-corrected chi connectivity index (χ1v) is 6.89. The maximum Gasteiger partial charge on any atom is 0.127 e. The molecule has 0 spiro atoms. The molecule has 3 heteroatoms. The van der Waals surface area contributed by atoms with Crippen molar-refractivity contribution in [3.05, 3.63) is 71.0 Å². The van der Waals surface area contributed by atoms with Crippen molar-refractivity contribution in [2.24, 2.45) is 5.73 Å². The highest BCUT2D eigenvalue weighted by atomic mass is 19.1. The largest absolute Gasteiger partial charge is 0.320 e. The van der Waals surface area contributed by atoms with Gasteiger partial charge in [-0.25, -0.2) is 4.39 Å². The van der Waals surface area contributed by atoms with Crippen LogP contribution in [-0.2, 0) is 13.1 Å². The van der Waals surface area contributed by atoms with Crippen LogP contribution in [0.15, 0.2) is 48.5 Å². The van der Waals surface area contributed by atoms with Crippen molar-refractivity contribution in [3.63, 3.8) is 0 Å². The van der Waals surface area contributed by atoms with Gasteiger partial charge in [-0.3, -0.25) is 4.90 Å². The second-order valence-corrected chi connectivity index (χ2v) is 4.93. The average Bonchev–Trinajstić information content (AvgIpc) is 2.49. The zero-order valence-electron chi connectivity index (χ0n) is 12.1. The van der Waals surface area contributed by atoms with Crippen LogP contribution in [0.5, 0.6) is 0 Å². The standard InChI is InChI=1S/C18H19FN2/c1-21(14-17-9-4-5-11-18(17)19)13-16-8-3-2-7-15(16)10-6-12-20/h2-5,7-9,11H,12-14,20H2,1H3. The molecule has 0 radical (unpaired) electrons. The molecule has 2 nitrogen and oxygen atoms in total. The van der Waals surface area contributed by atoms with Gasteiger partial charge < -0.3 is 5.73 Å². The number of nitrogens with two attached hydrogens (primary N) is 1. The third-order valence-electron chi connectivity index (χ3n) is 3.18. The normalized spacial score (nSPS) is 10.3. The third-order valence-corrected chi connectivity index (χ3v) is 3.18. The fourth-order valence-electron chi connectivity index (χ4n) is 2.19. The third kappa shape index (κ3) is 4.42. The van der Waals surface area contributed by atoms with Crippen LogP contribution in [0.25, 0.3) is 0 Å². The molecule has 2 N–H and O–H groups in total. The van der Waals surface area contributed by atoms with E-state index in [0.717, 1.165) is 11.1 Å². The molecule has 0 aliphatic carbocycles. The molecule has 0 saturated carbocycles. The zero-order chi connectivity index (χ0) is 15.1. The number of hydrogen-bond acceptors (Lipinski definition) is 2. The summed E-state index contributed by atoms with van der Waals surface area (Å²) in [4.78, 5) is 2.07. The highest BCUT2D eigenvalue weighted by molar-refractivity contribution is 5.41. The molecule has 0 fully saturated rings. The lowest BCUT2D eigenvalue weighted by Gasteiger charge is -2.18. The van der Waals surface area contributed by atoms with Crippen LogP contribution >= 0.6 is 0 Å². The molecule has 0 unspecified atom stereocenters. The van der Waals surface area contributed by atoms with Crippen LogP contribution < -0.4 is 5.73 Å². The molecule has 0 bridgehead atoms. The van der Waals surface area contributed by atoms with Gasteiger partial charge in [0.15, 0.2) is 0 Å². The molecule has 2 rings (SSSR count). The Kier molecular flexibility index (Phi) is 5.51. The molecule has 0 aliphatic rings. The quantitative estimate of drug-likeness (QED) is 0.874. The Morgan fingerprint density at radius 1 is 1.00 bits per heavy atom. The van der Waals surface area contributed by atoms with Crippen molar-refractivity contribution in [2.75, 3.05) is 13.6 Å². The lowest BCUT2D eigenvalue weighted by molar-refractivity contribution is 0.313. The lowest BCUT2D eigenvalue weighted by Crippen LogP contribution is -2.18. The summed E-state index contributed by atoms with van der Waals surface area (Å²) in [6.45, 7) is 1.62. The van der Waals surface area contributed by atoms with Crippen molar-refractivity contribution in [1.29, 1.82) is 0 Å². The summed E-state index contributed by atoms with van der Waals surface area (Å²) in [5, 5.41) is 0. The van der Waals surface area contributed by atoms with E-state index in [1.807, 2.05) is 43.4 Å². The fraction of sp³-hybridized carbons (Fsp3) is 0.222. The Hall–Kier alpha value is -2.15. The van der Waals surface area contributed by atoms with Crippen molar-refractivity contribution in [2.45, 2.75) is 13.1 Å². The summed E-state index contributed by atoms with van der Waals surface area (Å²) in [6, 6.07) is 14.8. The van der Waals surface area contributed by atoms with Gasteiger partial charge in [0.1, 0.15) is 5.82 Å². The summed E-state index contributed by atoms with van der Waals surface area (Å²) in [5.41, 5.74) is 8.22. The molecular weight excluding hydrogens is 263 g/mol. The smallest absolute Gasteiger partial charge is 0.127 e. The van der Waals surface area contributed by atoms with E-state index >= 15 is 0 Å². The van der Waals surface area contributed by atoms with E-state index in [9.17, 15) is 4.39 Å². The molecule has 0 heterocycles. The molecule has 0 atom stereocenters. The van der Waals surface area contributed by atoms with Crippen LogP contribution in [-0.4, -0.2) is 18.5 Å². The van der Waals surface area contributed by atoms with Gasteiger partial charge in [-0.2, -0.15) is 0 Å². The van der Waals surface area contributed by atoms with Gasteiger partial charge in [-0.05, 0) is 24.7 Å². The van der Waals surface area contributed by atoms with Gasteiger partial charge in [-0.15, -0.1) is 0 Å². The molecule has 21 heavy (non-hydrogen) atoms. The van der Waals surface area contributed by atoms with Gasteiger partial charge in [0.2, 0.25) is 0 Å². The predicted octanol–water partition coefficient (Wildman–Crippen LogP) is 2.77. The average molecular weight is 282 g/mol. The number of halogens is 1. The molecule has 108 valence electrons. The first-order valence-electron chi connectivity index (χ1n) is 6.89. The van der Waals surface area contributed by atoms with Crippen LogP contribution in [0, 0.1) is 17.7 Å². The summed E-state index contributed by atoms with van der Waals surface area (Å²) >= 11 is 0. The summed E-state index contributed by atoms with van der Waals surface area (Å²) in [7, 11) is 1.97. The number of benzene rings is 2. The number of nitrogens with zero attached hydrogens (tertiary/aromatic N) is 1. The molecule has 0 aromatic heterocycles. The maximum atomic E-state index is 13.7. The monoisotopic (exact) mass is 282 g/mol. The van der Waals surface area contributed by atoms with E-state index in [-0.39, 0.29) is 5.82 Å². The minimum Gasteiger partial charge on any atom is -0.320 e. The maximum absolute atomic E-state index is 13.7. The van der Waals surface area contributed by atoms with E-state index < -0.39 is 0 Å². The predicted molar refractivity (Wildman–Crippen MR) is 83.9 cm³/mol. The van der Waals surface area contributed by atoms with Gasteiger partial charge in [0, 0.05) is 24.2 Å². The Morgan fingerprint density at radius 3 is 2.33 bits per heavy atom. The highest BCUT2D eigenvalue weighted by Gasteiger charge is 2.07. The Bertz CT molecular complexity index is 656. The SMILES string of the molecule is CN(Cc1ccccc1F)Cc1ccccc1C#CCN. The van der Waals surface area contributed by atoms with Crippen LogP contribution in [0.3, 0.4) is 0 Å². The molecular formula is C18H19FN2. The van der Waals surface area contributed by atoms with Crippen LogP contribution in [0.4, 0.5) is 4.39 Å². The van der Waals surface area contributed by atoms with Crippen molar-refractivity contribution in [1.82, 2.24) is 4.90 Å². The van der Waals surface area contributed by atoms with Gasteiger partial charge in [-0.1, -0.05) is 48.2 Å². The van der Waals surface area contributed by atoms with Gasteiger partial charge in [0.25, 0.3) is 0 Å². The highest BCUT2D eigenvalue weighted by Crippen LogP contribution is 2.14. The second kappa shape index (κ2) is 7.58. The molecule has 0 aliphatic heterocycles. The lowest BCUT2D eigenvalue weighted by atomic mass is 10.1. The van der Waals surface area contributed by atoms with E-state index in [1.54, 1.807) is 6.07 Å². The van der Waals surface area contributed by atoms with Crippen molar-refractivity contribution < 1.29 is 4.39 Å². The van der Waals surface area contributed by atoms with Crippen LogP contribution in [0.2, 0.25) is 0 Å². The number of hydrogen-bond donors (Lipinski definition) is 1. The van der Waals surface area contributed by atoms with Gasteiger partial charge in [0.05, 0.1) is 6.54 Å². The van der Waals surface area contributed by atoms with E-state index in [1.165, 1.54) is 6.07 Å². The summed E-state index contributed by atoms with van der Waals surface area (Å²) < 4.78 is 13.7. The van der Waals surface area contributed by atoms with E-state index in [4.69, 9.17) is 5.73 Å². The molecule has 0 amide bonds.